The fourth-order valence-electron chi connectivity index (χ4n) is 4.16. The standard InChI is InChI=1S/C23H23F3N2O/c1-29-18-8-4-7-17(15-18)16-28-14-6-13-27-12-5-11-21(27)22(28)19-9-2-3-10-20(19)23(24,25)26/h2-5,7-12,15,22H,6,13-14,16H2,1H3. The molecule has 1 aliphatic heterocycles. The van der Waals surface area contributed by atoms with Gasteiger partial charge in [0.05, 0.1) is 18.7 Å². The molecule has 3 aromatic rings. The van der Waals surface area contributed by atoms with E-state index in [0.29, 0.717) is 18.7 Å². The van der Waals surface area contributed by atoms with E-state index in [1.807, 2.05) is 42.6 Å². The van der Waals surface area contributed by atoms with E-state index in [2.05, 4.69) is 9.47 Å². The number of rotatable bonds is 4. The lowest BCUT2D eigenvalue weighted by Gasteiger charge is -2.32. The first-order chi connectivity index (χ1) is 14.0. The smallest absolute Gasteiger partial charge is 0.416 e. The Kier molecular flexibility index (Phi) is 5.37. The summed E-state index contributed by atoms with van der Waals surface area (Å²) < 4.78 is 48.8. The van der Waals surface area contributed by atoms with Crippen LogP contribution in [0.2, 0.25) is 0 Å². The van der Waals surface area contributed by atoms with Crippen LogP contribution in [0.3, 0.4) is 0 Å². The molecule has 0 radical (unpaired) electrons. The first kappa shape index (κ1) is 19.6. The van der Waals surface area contributed by atoms with Gasteiger partial charge in [0.2, 0.25) is 0 Å². The zero-order valence-electron chi connectivity index (χ0n) is 16.2. The topological polar surface area (TPSA) is 17.4 Å². The van der Waals surface area contributed by atoms with Crippen LogP contribution in [-0.4, -0.2) is 23.1 Å². The number of benzene rings is 2. The Morgan fingerprint density at radius 2 is 1.83 bits per heavy atom. The zero-order valence-corrected chi connectivity index (χ0v) is 16.2. The van der Waals surface area contributed by atoms with Crippen LogP contribution in [0.4, 0.5) is 13.2 Å². The van der Waals surface area contributed by atoms with Gasteiger partial charge in [-0.25, -0.2) is 0 Å². The molecule has 1 aromatic heterocycles. The quantitative estimate of drug-likeness (QED) is 0.575. The minimum atomic E-state index is -4.40. The number of halogens is 3. The van der Waals surface area contributed by atoms with E-state index in [4.69, 9.17) is 4.74 Å². The number of fused-ring (bicyclic) bond motifs is 1. The second kappa shape index (κ2) is 7.95. The van der Waals surface area contributed by atoms with Crippen LogP contribution in [0.5, 0.6) is 5.75 Å². The Labute approximate surface area is 168 Å². The van der Waals surface area contributed by atoms with Gasteiger partial charge in [0, 0.05) is 31.5 Å². The van der Waals surface area contributed by atoms with Crippen LogP contribution in [0.15, 0.2) is 66.9 Å². The molecule has 2 heterocycles. The normalized spacial score (nSPS) is 17.6. The molecule has 1 atom stereocenters. The number of alkyl halides is 3. The minimum Gasteiger partial charge on any atom is -0.497 e. The molecular formula is C23H23F3N2O. The molecular weight excluding hydrogens is 377 g/mol. The van der Waals surface area contributed by atoms with E-state index in [1.165, 1.54) is 12.1 Å². The highest BCUT2D eigenvalue weighted by atomic mass is 19.4. The molecule has 0 aliphatic carbocycles. The number of nitrogens with zero attached hydrogens (tertiary/aromatic N) is 2. The third-order valence-corrected chi connectivity index (χ3v) is 5.43. The minimum absolute atomic E-state index is 0.296. The summed E-state index contributed by atoms with van der Waals surface area (Å²) in [5, 5.41) is 0. The van der Waals surface area contributed by atoms with Gasteiger partial charge in [0.25, 0.3) is 0 Å². The molecule has 0 saturated carbocycles. The van der Waals surface area contributed by atoms with E-state index in [0.717, 1.165) is 30.0 Å². The number of ether oxygens (including phenoxy) is 1. The summed E-state index contributed by atoms with van der Waals surface area (Å²) in [4.78, 5) is 2.14. The molecule has 4 rings (SSSR count). The predicted molar refractivity (Wildman–Crippen MR) is 106 cm³/mol. The molecule has 0 saturated heterocycles. The van der Waals surface area contributed by atoms with E-state index in [1.54, 1.807) is 19.2 Å². The van der Waals surface area contributed by atoms with Gasteiger partial charge in [-0.1, -0.05) is 30.3 Å². The maximum atomic E-state index is 13.8. The average Bonchev–Trinajstić information content (AvgIpc) is 3.09. The van der Waals surface area contributed by atoms with Crippen LogP contribution in [-0.2, 0) is 19.3 Å². The van der Waals surface area contributed by atoms with Gasteiger partial charge in [0.15, 0.2) is 0 Å². The van der Waals surface area contributed by atoms with Gasteiger partial charge >= 0.3 is 6.18 Å². The maximum absolute atomic E-state index is 13.8. The fraction of sp³-hybridized carbons (Fsp3) is 0.304. The van der Waals surface area contributed by atoms with Crippen molar-refractivity contribution < 1.29 is 17.9 Å². The number of aromatic nitrogens is 1. The molecule has 1 aliphatic rings. The summed E-state index contributed by atoms with van der Waals surface area (Å²) in [5.41, 5.74) is 1.63. The van der Waals surface area contributed by atoms with Crippen LogP contribution in [0.25, 0.3) is 0 Å². The van der Waals surface area contributed by atoms with E-state index in [-0.39, 0.29) is 0 Å². The molecule has 29 heavy (non-hydrogen) atoms. The average molecular weight is 400 g/mol. The highest BCUT2D eigenvalue weighted by Crippen LogP contribution is 2.40. The van der Waals surface area contributed by atoms with Crippen molar-refractivity contribution in [1.29, 1.82) is 0 Å². The third-order valence-electron chi connectivity index (χ3n) is 5.43. The van der Waals surface area contributed by atoms with Crippen molar-refractivity contribution >= 4 is 0 Å². The molecule has 0 spiro atoms. The van der Waals surface area contributed by atoms with Gasteiger partial charge in [0.1, 0.15) is 5.75 Å². The van der Waals surface area contributed by atoms with Crippen molar-refractivity contribution in [3.63, 3.8) is 0 Å². The summed E-state index contributed by atoms with van der Waals surface area (Å²) in [6.45, 7) is 2.04. The largest absolute Gasteiger partial charge is 0.497 e. The maximum Gasteiger partial charge on any atom is 0.416 e. The van der Waals surface area contributed by atoms with Gasteiger partial charge in [-0.2, -0.15) is 13.2 Å². The Balaban J connectivity index is 1.80. The van der Waals surface area contributed by atoms with Gasteiger partial charge in [-0.3, -0.25) is 4.90 Å². The molecule has 0 amide bonds. The fourth-order valence-corrected chi connectivity index (χ4v) is 4.16. The molecule has 152 valence electrons. The van der Waals surface area contributed by atoms with Crippen molar-refractivity contribution in [1.82, 2.24) is 9.47 Å². The van der Waals surface area contributed by atoms with Crippen molar-refractivity contribution in [2.75, 3.05) is 13.7 Å². The Bertz CT molecular complexity index is 980. The van der Waals surface area contributed by atoms with E-state index < -0.39 is 17.8 Å². The summed E-state index contributed by atoms with van der Waals surface area (Å²) in [7, 11) is 1.61. The molecule has 3 nitrogen and oxygen atoms in total. The Hall–Kier alpha value is -2.73. The predicted octanol–water partition coefficient (Wildman–Crippen LogP) is 5.51. The Morgan fingerprint density at radius 3 is 2.62 bits per heavy atom. The summed E-state index contributed by atoms with van der Waals surface area (Å²) in [5.74, 6) is 0.743. The highest BCUT2D eigenvalue weighted by molar-refractivity contribution is 5.38. The highest BCUT2D eigenvalue weighted by Gasteiger charge is 2.38. The van der Waals surface area contributed by atoms with Crippen molar-refractivity contribution in [2.45, 2.75) is 31.7 Å². The van der Waals surface area contributed by atoms with Crippen LogP contribution in [0.1, 0.15) is 34.8 Å². The lowest BCUT2D eigenvalue weighted by atomic mass is 9.95. The van der Waals surface area contributed by atoms with Crippen molar-refractivity contribution in [3.8, 4) is 5.75 Å². The third kappa shape index (κ3) is 4.03. The Morgan fingerprint density at radius 1 is 1.00 bits per heavy atom. The lowest BCUT2D eigenvalue weighted by molar-refractivity contribution is -0.138. The zero-order chi connectivity index (χ0) is 20.4. The number of hydrogen-bond donors (Lipinski definition) is 0. The lowest BCUT2D eigenvalue weighted by Crippen LogP contribution is -2.31. The summed E-state index contributed by atoms with van der Waals surface area (Å²) in [6, 6.07) is 17.0. The first-order valence-electron chi connectivity index (χ1n) is 9.65. The van der Waals surface area contributed by atoms with Crippen LogP contribution < -0.4 is 4.74 Å². The summed E-state index contributed by atoms with van der Waals surface area (Å²) in [6.07, 6.45) is -1.58. The van der Waals surface area contributed by atoms with Crippen LogP contribution in [0, 0.1) is 0 Å². The number of aryl methyl sites for hydroxylation is 1. The first-order valence-corrected chi connectivity index (χ1v) is 9.65. The number of methoxy groups -OCH3 is 1. The van der Waals surface area contributed by atoms with Gasteiger partial charge in [-0.15, -0.1) is 0 Å². The SMILES string of the molecule is COc1cccc(CN2CCCn3cccc3C2c2ccccc2C(F)(F)F)c1. The molecule has 6 heteroatoms. The van der Waals surface area contributed by atoms with E-state index in [9.17, 15) is 13.2 Å². The van der Waals surface area contributed by atoms with Crippen molar-refractivity contribution in [3.05, 3.63) is 89.2 Å². The van der Waals surface area contributed by atoms with Crippen molar-refractivity contribution in [2.24, 2.45) is 0 Å². The molecule has 2 aromatic carbocycles. The number of hydrogen-bond acceptors (Lipinski definition) is 2. The van der Waals surface area contributed by atoms with Gasteiger partial charge in [-0.05, 0) is 47.9 Å². The second-order valence-corrected chi connectivity index (χ2v) is 7.29. The van der Waals surface area contributed by atoms with E-state index >= 15 is 0 Å². The monoisotopic (exact) mass is 400 g/mol. The van der Waals surface area contributed by atoms with Gasteiger partial charge < -0.3 is 9.30 Å². The molecule has 0 fully saturated rings. The molecule has 0 N–H and O–H groups in total. The molecule has 0 bridgehead atoms. The summed E-state index contributed by atoms with van der Waals surface area (Å²) >= 11 is 0. The van der Waals surface area contributed by atoms with Crippen LogP contribution >= 0.6 is 0 Å². The second-order valence-electron chi connectivity index (χ2n) is 7.29. The molecule has 1 unspecified atom stereocenters.